The van der Waals surface area contributed by atoms with Crippen molar-refractivity contribution in [2.24, 2.45) is 5.92 Å². The monoisotopic (exact) mass is 382 g/mol. The Hall–Kier alpha value is -3.10. The molecule has 4 rings (SSSR count). The van der Waals surface area contributed by atoms with Crippen LogP contribution in [0.25, 0.3) is 11.3 Å². The van der Waals surface area contributed by atoms with E-state index in [9.17, 15) is 4.79 Å². The van der Waals surface area contributed by atoms with Gasteiger partial charge in [-0.1, -0.05) is 15.5 Å². The Labute approximate surface area is 162 Å². The molecule has 0 radical (unpaired) electrons. The summed E-state index contributed by atoms with van der Waals surface area (Å²) in [6.07, 6.45) is 5.29. The third-order valence-corrected chi connectivity index (χ3v) is 5.23. The predicted molar refractivity (Wildman–Crippen MR) is 98.1 cm³/mol. The minimum Gasteiger partial charge on any atom is -0.361 e. The number of rotatable bonds is 5. The van der Waals surface area contributed by atoms with Crippen molar-refractivity contribution in [3.8, 4) is 11.3 Å². The molecule has 0 unspecified atom stereocenters. The van der Waals surface area contributed by atoms with Gasteiger partial charge in [0.25, 0.3) is 0 Å². The van der Waals surface area contributed by atoms with Crippen LogP contribution in [0.3, 0.4) is 0 Å². The lowest BCUT2D eigenvalue weighted by atomic mass is 9.98. The summed E-state index contributed by atoms with van der Waals surface area (Å²) in [4.78, 5) is 23.5. The smallest absolute Gasteiger partial charge is 0.228 e. The highest BCUT2D eigenvalue weighted by Gasteiger charge is 2.29. The molecule has 0 N–H and O–H groups in total. The molecule has 0 spiro atoms. The Morgan fingerprint density at radius 1 is 1.11 bits per heavy atom. The number of aromatic nitrogens is 5. The predicted octanol–water partition coefficient (Wildman–Crippen LogP) is 2.07. The highest BCUT2D eigenvalue weighted by atomic mass is 16.6. The van der Waals surface area contributed by atoms with Gasteiger partial charge < -0.3 is 9.42 Å². The van der Waals surface area contributed by atoms with Crippen LogP contribution in [0.4, 0.5) is 0 Å². The van der Waals surface area contributed by atoms with Gasteiger partial charge in [0.05, 0.1) is 29.1 Å². The molecular weight excluding hydrogens is 360 g/mol. The molecule has 28 heavy (non-hydrogen) atoms. The third-order valence-electron chi connectivity index (χ3n) is 5.23. The molecule has 0 aliphatic carbocycles. The number of carbonyl (C=O) groups excluding carboxylic acids is 1. The highest BCUT2D eigenvalue weighted by Crippen LogP contribution is 2.30. The van der Waals surface area contributed by atoms with E-state index in [0.717, 1.165) is 47.8 Å². The summed E-state index contributed by atoms with van der Waals surface area (Å²) in [5, 5.41) is 11.6. The van der Waals surface area contributed by atoms with E-state index in [4.69, 9.17) is 4.52 Å². The Balaban J connectivity index is 1.45. The molecule has 0 saturated carbocycles. The lowest BCUT2D eigenvalue weighted by Gasteiger charge is -2.16. The number of nitrogens with zero attached hydrogens (tertiary/aromatic N) is 6. The number of hydrogen-bond donors (Lipinski definition) is 0. The van der Waals surface area contributed by atoms with Gasteiger partial charge >= 0.3 is 0 Å². The third kappa shape index (κ3) is 3.51. The molecule has 1 saturated heterocycles. The zero-order chi connectivity index (χ0) is 19.7. The fourth-order valence-electron chi connectivity index (χ4n) is 3.71. The van der Waals surface area contributed by atoms with Crippen molar-refractivity contribution in [3.63, 3.8) is 0 Å². The lowest BCUT2D eigenvalue weighted by Crippen LogP contribution is -2.30. The molecule has 1 atom stereocenters. The molecular formula is C19H22N6O3. The molecule has 1 fully saturated rings. The topological polar surface area (TPSA) is 111 Å². The first-order valence-electron chi connectivity index (χ1n) is 9.32. The normalized spacial score (nSPS) is 16.7. The SMILES string of the molecule is Cc1nonc1CC(=O)N1CC[C@H](Cc2nccnc2-c2c(C)noc2C)C1. The number of likely N-dealkylation sites (tertiary alicyclic amines) is 1. The molecule has 146 valence electrons. The maximum Gasteiger partial charge on any atom is 0.228 e. The van der Waals surface area contributed by atoms with Crippen molar-refractivity contribution in [3.05, 3.63) is 40.9 Å². The minimum absolute atomic E-state index is 0.0476. The number of amides is 1. The van der Waals surface area contributed by atoms with Gasteiger partial charge in [-0.3, -0.25) is 14.8 Å². The van der Waals surface area contributed by atoms with Gasteiger partial charge in [0.15, 0.2) is 0 Å². The van der Waals surface area contributed by atoms with Crippen LogP contribution >= 0.6 is 0 Å². The largest absolute Gasteiger partial charge is 0.361 e. The zero-order valence-corrected chi connectivity index (χ0v) is 16.2. The van der Waals surface area contributed by atoms with E-state index in [0.29, 0.717) is 23.9 Å². The Bertz CT molecular complexity index is 976. The van der Waals surface area contributed by atoms with E-state index >= 15 is 0 Å². The summed E-state index contributed by atoms with van der Waals surface area (Å²) in [6.45, 7) is 7.00. The van der Waals surface area contributed by atoms with Gasteiger partial charge in [-0.05, 0) is 39.5 Å². The Morgan fingerprint density at radius 2 is 1.93 bits per heavy atom. The highest BCUT2D eigenvalue weighted by molar-refractivity contribution is 5.78. The first-order valence-corrected chi connectivity index (χ1v) is 9.32. The second-order valence-corrected chi connectivity index (χ2v) is 7.22. The van der Waals surface area contributed by atoms with E-state index in [1.54, 1.807) is 19.3 Å². The van der Waals surface area contributed by atoms with Crippen LogP contribution in [0.5, 0.6) is 0 Å². The van der Waals surface area contributed by atoms with Gasteiger partial charge in [-0.2, -0.15) is 0 Å². The molecule has 9 heteroatoms. The molecule has 4 heterocycles. The second-order valence-electron chi connectivity index (χ2n) is 7.22. The summed E-state index contributed by atoms with van der Waals surface area (Å²) in [6, 6.07) is 0. The van der Waals surface area contributed by atoms with Crippen LogP contribution in [0, 0.1) is 26.7 Å². The Morgan fingerprint density at radius 3 is 2.64 bits per heavy atom. The molecule has 0 bridgehead atoms. The van der Waals surface area contributed by atoms with Gasteiger partial charge in [0.1, 0.15) is 17.1 Å². The minimum atomic E-state index is 0.0476. The van der Waals surface area contributed by atoms with Gasteiger partial charge in [-0.25, -0.2) is 4.63 Å². The van der Waals surface area contributed by atoms with Gasteiger partial charge in [0.2, 0.25) is 5.91 Å². The summed E-state index contributed by atoms with van der Waals surface area (Å²) < 4.78 is 9.97. The maximum absolute atomic E-state index is 12.6. The molecule has 3 aromatic rings. The Kier molecular flexibility index (Phi) is 4.89. The summed E-state index contributed by atoms with van der Waals surface area (Å²) in [7, 11) is 0. The van der Waals surface area contributed by atoms with Crippen LogP contribution < -0.4 is 0 Å². The molecule has 1 aliphatic rings. The van der Waals surface area contributed by atoms with Crippen LogP contribution in [0.15, 0.2) is 21.5 Å². The van der Waals surface area contributed by atoms with E-state index in [2.05, 4.69) is 30.1 Å². The average molecular weight is 382 g/mol. The molecule has 1 aliphatic heterocycles. The molecule has 0 aromatic carbocycles. The first-order chi connectivity index (χ1) is 13.5. The average Bonchev–Trinajstić information content (AvgIpc) is 3.38. The lowest BCUT2D eigenvalue weighted by molar-refractivity contribution is -0.129. The summed E-state index contributed by atoms with van der Waals surface area (Å²) in [5.41, 5.74) is 4.69. The van der Waals surface area contributed by atoms with Crippen molar-refractivity contribution in [2.75, 3.05) is 13.1 Å². The van der Waals surface area contributed by atoms with E-state index in [-0.39, 0.29) is 12.3 Å². The van der Waals surface area contributed by atoms with E-state index in [1.807, 2.05) is 18.7 Å². The van der Waals surface area contributed by atoms with Crippen molar-refractivity contribution < 1.29 is 13.9 Å². The molecule has 9 nitrogen and oxygen atoms in total. The fraction of sp³-hybridized carbons (Fsp3) is 0.474. The fourth-order valence-corrected chi connectivity index (χ4v) is 3.71. The van der Waals surface area contributed by atoms with Crippen molar-refractivity contribution in [1.29, 1.82) is 0 Å². The molecule has 1 amide bonds. The summed E-state index contributed by atoms with van der Waals surface area (Å²) in [5.74, 6) is 1.11. The zero-order valence-electron chi connectivity index (χ0n) is 16.2. The van der Waals surface area contributed by atoms with Crippen molar-refractivity contribution in [1.82, 2.24) is 30.3 Å². The summed E-state index contributed by atoms with van der Waals surface area (Å²) >= 11 is 0. The van der Waals surface area contributed by atoms with E-state index < -0.39 is 0 Å². The standard InChI is InChI=1S/C19H22N6O3/c1-11-15(24-28-23-11)9-17(26)25-7-4-14(10-25)8-16-19(21-6-5-20-16)18-12(2)22-27-13(18)3/h5-6,14H,4,7-10H2,1-3H3/t14-/m1/s1. The maximum atomic E-state index is 12.6. The van der Waals surface area contributed by atoms with Crippen LogP contribution in [-0.2, 0) is 17.6 Å². The quantitative estimate of drug-likeness (QED) is 0.659. The van der Waals surface area contributed by atoms with Crippen molar-refractivity contribution >= 4 is 5.91 Å². The molecule has 3 aromatic heterocycles. The van der Waals surface area contributed by atoms with Crippen molar-refractivity contribution in [2.45, 2.75) is 40.0 Å². The number of aryl methyl sites for hydroxylation is 3. The first kappa shape index (κ1) is 18.3. The van der Waals surface area contributed by atoms with E-state index in [1.165, 1.54) is 0 Å². The van der Waals surface area contributed by atoms with Crippen LogP contribution in [0.2, 0.25) is 0 Å². The van der Waals surface area contributed by atoms with Gasteiger partial charge in [-0.15, -0.1) is 0 Å². The number of hydrogen-bond acceptors (Lipinski definition) is 8. The van der Waals surface area contributed by atoms with Gasteiger partial charge in [0, 0.05) is 25.5 Å². The van der Waals surface area contributed by atoms with Crippen LogP contribution in [0.1, 0.15) is 35.0 Å². The van der Waals surface area contributed by atoms with Crippen LogP contribution in [-0.4, -0.2) is 49.3 Å². The second kappa shape index (κ2) is 7.49. The number of carbonyl (C=O) groups is 1.